The molecule has 6 aliphatic carbocycles. The van der Waals surface area contributed by atoms with Crippen LogP contribution in [0.5, 0.6) is 0 Å². The number of hydrogen-bond donors (Lipinski definition) is 0. The Balaban J connectivity index is 1.20. The molecule has 0 aromatic carbocycles. The first kappa shape index (κ1) is 18.6. The maximum absolute atomic E-state index is 13.0. The van der Waals surface area contributed by atoms with E-state index in [2.05, 4.69) is 6.92 Å². The van der Waals surface area contributed by atoms with Crippen molar-refractivity contribution in [1.29, 1.82) is 0 Å². The Kier molecular flexibility index (Phi) is 4.94. The largest absolute Gasteiger partial charge is 0.367 e. The topological polar surface area (TPSA) is 26.3 Å². The predicted octanol–water partition coefficient (Wildman–Crippen LogP) is 6.32. The Morgan fingerprint density at radius 1 is 0.852 bits per heavy atom. The number of carbonyl (C=O) groups excluding carboxylic acids is 1. The molecule has 0 saturated heterocycles. The molecule has 0 spiro atoms. The molecule has 152 valence electrons. The molecular weight excluding hydrogens is 332 g/mol. The maximum Gasteiger partial charge on any atom is 0.159 e. The minimum atomic E-state index is 0.000880. The fourth-order valence-corrected chi connectivity index (χ4v) is 8.71. The fraction of sp³-hybridized carbons (Fsp3) is 0.960. The number of carbonyl (C=O) groups is 1. The van der Waals surface area contributed by atoms with Crippen LogP contribution in [0.25, 0.3) is 0 Å². The zero-order valence-electron chi connectivity index (χ0n) is 17.5. The van der Waals surface area contributed by atoms with Crippen LogP contribution in [0.15, 0.2) is 0 Å². The van der Waals surface area contributed by atoms with Gasteiger partial charge < -0.3 is 4.74 Å². The predicted molar refractivity (Wildman–Crippen MR) is 109 cm³/mol. The first-order chi connectivity index (χ1) is 13.1. The number of hydrogen-bond acceptors (Lipinski definition) is 2. The van der Waals surface area contributed by atoms with Crippen LogP contribution < -0.4 is 0 Å². The van der Waals surface area contributed by atoms with Crippen molar-refractivity contribution in [2.24, 2.45) is 35.0 Å². The first-order valence-corrected chi connectivity index (χ1v) is 12.2. The van der Waals surface area contributed by atoms with Gasteiger partial charge in [-0.15, -0.1) is 0 Å². The minimum absolute atomic E-state index is 0.000880. The Morgan fingerprint density at radius 2 is 1.48 bits per heavy atom. The summed E-state index contributed by atoms with van der Waals surface area (Å²) in [6.07, 6.45) is 19.7. The maximum atomic E-state index is 13.0. The third-order valence-electron chi connectivity index (χ3n) is 9.48. The number of rotatable bonds is 6. The summed E-state index contributed by atoms with van der Waals surface area (Å²) in [5.41, 5.74) is 0.370. The number of ether oxygens (including phenoxy) is 1. The highest BCUT2D eigenvalue weighted by Crippen LogP contribution is 2.61. The summed E-state index contributed by atoms with van der Waals surface area (Å²) < 4.78 is 6.53. The molecule has 6 bridgehead atoms. The second kappa shape index (κ2) is 7.15. The van der Waals surface area contributed by atoms with Crippen LogP contribution in [0.4, 0.5) is 0 Å². The highest BCUT2D eigenvalue weighted by atomic mass is 16.5. The van der Waals surface area contributed by atoms with Crippen LogP contribution in [0, 0.1) is 35.0 Å². The van der Waals surface area contributed by atoms with Crippen LogP contribution in [0.1, 0.15) is 103 Å². The van der Waals surface area contributed by atoms with Gasteiger partial charge in [-0.2, -0.15) is 0 Å². The van der Waals surface area contributed by atoms with E-state index in [0.717, 1.165) is 42.4 Å². The van der Waals surface area contributed by atoms with Crippen molar-refractivity contribution < 1.29 is 9.53 Å². The Morgan fingerprint density at radius 3 is 2.15 bits per heavy atom. The second-order valence-corrected chi connectivity index (χ2v) is 11.6. The van der Waals surface area contributed by atoms with Crippen molar-refractivity contribution in [3.05, 3.63) is 0 Å². The molecular formula is C25H40O2. The van der Waals surface area contributed by atoms with E-state index in [0.29, 0.717) is 17.8 Å². The van der Waals surface area contributed by atoms with Crippen molar-refractivity contribution in [2.75, 3.05) is 6.61 Å². The molecule has 3 atom stereocenters. The van der Waals surface area contributed by atoms with Gasteiger partial charge in [0.1, 0.15) is 6.61 Å². The number of Topliss-reactive ketones (excluding diaryl/α,β-unsaturated/α-hetero) is 1. The van der Waals surface area contributed by atoms with Gasteiger partial charge in [0.25, 0.3) is 0 Å². The second-order valence-electron chi connectivity index (χ2n) is 11.6. The van der Waals surface area contributed by atoms with Crippen LogP contribution in [-0.4, -0.2) is 18.0 Å². The summed E-state index contributed by atoms with van der Waals surface area (Å²) in [5.74, 6) is 5.01. The van der Waals surface area contributed by atoms with E-state index >= 15 is 0 Å². The third kappa shape index (κ3) is 3.77. The average Bonchev–Trinajstić information content (AvgIpc) is 2.74. The Bertz CT molecular complexity index is 531. The summed E-state index contributed by atoms with van der Waals surface area (Å²) in [4.78, 5) is 13.0. The van der Waals surface area contributed by atoms with E-state index < -0.39 is 0 Å². The lowest BCUT2D eigenvalue weighted by molar-refractivity contribution is -0.141. The lowest BCUT2D eigenvalue weighted by atomic mass is 9.48. The first-order valence-electron chi connectivity index (χ1n) is 12.2. The van der Waals surface area contributed by atoms with Gasteiger partial charge >= 0.3 is 0 Å². The van der Waals surface area contributed by atoms with Crippen molar-refractivity contribution >= 4 is 5.78 Å². The van der Waals surface area contributed by atoms with Crippen molar-refractivity contribution in [2.45, 2.75) is 109 Å². The molecule has 2 nitrogen and oxygen atoms in total. The molecule has 0 amide bonds. The lowest BCUT2D eigenvalue weighted by Crippen LogP contribution is -2.47. The normalized spacial score (nSPS) is 48.4. The molecule has 6 aliphatic rings. The minimum Gasteiger partial charge on any atom is -0.367 e. The third-order valence-corrected chi connectivity index (χ3v) is 9.48. The molecule has 0 heterocycles. The van der Waals surface area contributed by atoms with Crippen LogP contribution in [0.3, 0.4) is 0 Å². The standard InChI is InChI=1S/C25H40O2/c1-2-25(7-6-18-4-3-5-19(8-18)15-25)27-17-23(26)16-24-12-20-9-21(13-24)11-22(10-20)14-24/h18-22H,2-17H2,1H3/t18-,19-,20?,21?,22?,24?,25+/m1/s1. The molecule has 0 unspecified atom stereocenters. The SMILES string of the molecule is CC[C@]1(OCC(=O)CC23CC4CC(CC(C4)C2)C3)CC[C@H]2CCC[C@H](C2)C1. The summed E-state index contributed by atoms with van der Waals surface area (Å²) in [6, 6.07) is 0. The van der Waals surface area contributed by atoms with Gasteiger partial charge in [-0.25, -0.2) is 0 Å². The van der Waals surface area contributed by atoms with Crippen LogP contribution in [-0.2, 0) is 9.53 Å². The van der Waals surface area contributed by atoms with E-state index in [-0.39, 0.29) is 5.60 Å². The van der Waals surface area contributed by atoms with Gasteiger partial charge in [0, 0.05) is 6.42 Å². The molecule has 0 radical (unpaired) electrons. The molecule has 6 fully saturated rings. The molecule has 0 aromatic heterocycles. The van der Waals surface area contributed by atoms with Gasteiger partial charge in [-0.1, -0.05) is 26.2 Å². The lowest BCUT2D eigenvalue weighted by Gasteiger charge is -2.56. The van der Waals surface area contributed by atoms with Crippen molar-refractivity contribution in [3.8, 4) is 0 Å². The van der Waals surface area contributed by atoms with Gasteiger partial charge in [-0.3, -0.25) is 4.79 Å². The Labute approximate surface area is 166 Å². The van der Waals surface area contributed by atoms with Gasteiger partial charge in [0.15, 0.2) is 5.78 Å². The highest BCUT2D eigenvalue weighted by molar-refractivity contribution is 5.80. The molecule has 0 aromatic rings. The van der Waals surface area contributed by atoms with Gasteiger partial charge in [0.2, 0.25) is 0 Å². The van der Waals surface area contributed by atoms with Gasteiger partial charge in [-0.05, 0) is 106 Å². The van der Waals surface area contributed by atoms with E-state index in [4.69, 9.17) is 4.74 Å². The van der Waals surface area contributed by atoms with Crippen molar-refractivity contribution in [1.82, 2.24) is 0 Å². The summed E-state index contributed by atoms with van der Waals surface area (Å²) >= 11 is 0. The number of ketones is 1. The van der Waals surface area contributed by atoms with Crippen molar-refractivity contribution in [3.63, 3.8) is 0 Å². The number of fused-ring (bicyclic) bond motifs is 2. The quantitative estimate of drug-likeness (QED) is 0.545. The molecule has 2 heteroatoms. The molecule has 27 heavy (non-hydrogen) atoms. The molecule has 0 aliphatic heterocycles. The van der Waals surface area contributed by atoms with Crippen LogP contribution >= 0.6 is 0 Å². The van der Waals surface area contributed by atoms with E-state index in [1.165, 1.54) is 83.5 Å². The van der Waals surface area contributed by atoms with Crippen LogP contribution in [0.2, 0.25) is 0 Å². The smallest absolute Gasteiger partial charge is 0.159 e. The zero-order chi connectivity index (χ0) is 18.5. The summed E-state index contributed by atoms with van der Waals surface area (Å²) in [7, 11) is 0. The molecule has 0 N–H and O–H groups in total. The fourth-order valence-electron chi connectivity index (χ4n) is 8.71. The van der Waals surface area contributed by atoms with Gasteiger partial charge in [0.05, 0.1) is 5.60 Å². The Hall–Kier alpha value is -0.370. The van der Waals surface area contributed by atoms with E-state index in [1.807, 2.05) is 0 Å². The van der Waals surface area contributed by atoms with E-state index in [9.17, 15) is 4.79 Å². The molecule has 6 rings (SSSR count). The molecule has 6 saturated carbocycles. The average molecular weight is 373 g/mol. The monoisotopic (exact) mass is 372 g/mol. The summed E-state index contributed by atoms with van der Waals surface area (Å²) in [6.45, 7) is 2.69. The zero-order valence-corrected chi connectivity index (χ0v) is 17.5. The summed E-state index contributed by atoms with van der Waals surface area (Å²) in [5, 5.41) is 0. The highest BCUT2D eigenvalue weighted by Gasteiger charge is 2.51. The van der Waals surface area contributed by atoms with E-state index in [1.54, 1.807) is 0 Å².